The van der Waals surface area contributed by atoms with Gasteiger partial charge in [0.1, 0.15) is 5.75 Å². The normalized spacial score (nSPS) is 11.7. The van der Waals surface area contributed by atoms with Gasteiger partial charge in [0.05, 0.1) is 5.71 Å². The van der Waals surface area contributed by atoms with E-state index in [1.807, 2.05) is 19.1 Å². The highest BCUT2D eigenvalue weighted by Crippen LogP contribution is 2.24. The predicted molar refractivity (Wildman–Crippen MR) is 94.2 cm³/mol. The lowest BCUT2D eigenvalue weighted by atomic mass is 9.95. The van der Waals surface area contributed by atoms with Crippen LogP contribution < -0.4 is 0 Å². The number of rotatable bonds is 5. The summed E-state index contributed by atoms with van der Waals surface area (Å²) in [5.41, 5.74) is 6.37. The molecule has 0 aliphatic heterocycles. The summed E-state index contributed by atoms with van der Waals surface area (Å²) >= 11 is 0. The zero-order valence-corrected chi connectivity index (χ0v) is 14.0. The van der Waals surface area contributed by atoms with Crippen LogP contribution in [0, 0.1) is 20.8 Å². The maximum atomic E-state index is 10.3. The molecule has 0 aliphatic carbocycles. The van der Waals surface area contributed by atoms with E-state index in [0.29, 0.717) is 5.75 Å². The third-order valence-electron chi connectivity index (χ3n) is 3.83. The minimum Gasteiger partial charge on any atom is -0.507 e. The fourth-order valence-corrected chi connectivity index (χ4v) is 2.58. The highest BCUT2D eigenvalue weighted by molar-refractivity contribution is 6.15. The van der Waals surface area contributed by atoms with Gasteiger partial charge < -0.3 is 5.11 Å². The second kappa shape index (κ2) is 7.26. The number of hydrogen-bond acceptors (Lipinski definition) is 2. The number of phenols is 1. The molecule has 0 aromatic heterocycles. The van der Waals surface area contributed by atoms with Crippen molar-refractivity contribution < 1.29 is 5.11 Å². The summed E-state index contributed by atoms with van der Waals surface area (Å²) in [5.74, 6) is 0.292. The lowest BCUT2D eigenvalue weighted by molar-refractivity contribution is 0.474. The molecule has 116 valence electrons. The number of aliphatic imine (C=N–C) groups is 1. The van der Waals surface area contributed by atoms with Crippen molar-refractivity contribution in [3.05, 3.63) is 64.2 Å². The summed E-state index contributed by atoms with van der Waals surface area (Å²) in [6.07, 6.45) is 2.17. The highest BCUT2D eigenvalue weighted by atomic mass is 16.3. The van der Waals surface area contributed by atoms with Crippen LogP contribution in [0.3, 0.4) is 0 Å². The first kappa shape index (κ1) is 16.3. The van der Waals surface area contributed by atoms with Gasteiger partial charge in [0.2, 0.25) is 0 Å². The summed E-state index contributed by atoms with van der Waals surface area (Å²) in [4.78, 5) is 4.80. The highest BCUT2D eigenvalue weighted by Gasteiger charge is 2.14. The summed E-state index contributed by atoms with van der Waals surface area (Å²) < 4.78 is 0. The van der Waals surface area contributed by atoms with Crippen LogP contribution in [0.4, 0.5) is 0 Å². The zero-order valence-electron chi connectivity index (χ0n) is 14.0. The first-order valence-electron chi connectivity index (χ1n) is 7.95. The van der Waals surface area contributed by atoms with Crippen LogP contribution in [0.1, 0.15) is 47.6 Å². The third-order valence-corrected chi connectivity index (χ3v) is 3.83. The van der Waals surface area contributed by atoms with Gasteiger partial charge in [0.15, 0.2) is 0 Å². The SMILES string of the molecule is CCCC/N=C(\c1ccc(C)cc1C)c1cc(C)ccc1O. The van der Waals surface area contributed by atoms with E-state index >= 15 is 0 Å². The molecule has 1 N–H and O–H groups in total. The van der Waals surface area contributed by atoms with Gasteiger partial charge in [-0.3, -0.25) is 4.99 Å². The number of phenolic OH excluding ortho intramolecular Hbond substituents is 1. The van der Waals surface area contributed by atoms with Crippen molar-refractivity contribution >= 4 is 5.71 Å². The summed E-state index contributed by atoms with van der Waals surface area (Å²) in [6.45, 7) is 9.18. The topological polar surface area (TPSA) is 32.6 Å². The molecule has 0 heterocycles. The molecule has 0 radical (unpaired) electrons. The maximum Gasteiger partial charge on any atom is 0.124 e. The van der Waals surface area contributed by atoms with Gasteiger partial charge in [-0.15, -0.1) is 0 Å². The first-order chi connectivity index (χ1) is 10.5. The van der Waals surface area contributed by atoms with Crippen LogP contribution >= 0.6 is 0 Å². The van der Waals surface area contributed by atoms with Gasteiger partial charge in [-0.2, -0.15) is 0 Å². The van der Waals surface area contributed by atoms with Crippen molar-refractivity contribution in [2.45, 2.75) is 40.5 Å². The molecule has 0 spiro atoms. The largest absolute Gasteiger partial charge is 0.507 e. The molecule has 22 heavy (non-hydrogen) atoms. The maximum absolute atomic E-state index is 10.3. The monoisotopic (exact) mass is 295 g/mol. The average Bonchev–Trinajstić information content (AvgIpc) is 2.48. The van der Waals surface area contributed by atoms with Gasteiger partial charge in [-0.25, -0.2) is 0 Å². The molecule has 2 heteroatoms. The molecule has 0 bridgehead atoms. The standard InChI is InChI=1S/C20H25NO/c1-5-6-11-21-20(17-9-7-14(2)12-16(17)4)18-13-15(3)8-10-19(18)22/h7-10,12-13,22H,5-6,11H2,1-4H3/b21-20+. The Morgan fingerprint density at radius 3 is 2.32 bits per heavy atom. The fraction of sp³-hybridized carbons (Fsp3) is 0.350. The van der Waals surface area contributed by atoms with Gasteiger partial charge in [0.25, 0.3) is 0 Å². The molecule has 2 rings (SSSR count). The molecule has 0 aliphatic rings. The lowest BCUT2D eigenvalue weighted by Gasteiger charge is -2.13. The minimum atomic E-state index is 0.292. The number of nitrogens with zero attached hydrogens (tertiary/aromatic N) is 1. The molecule has 2 aromatic rings. The number of aromatic hydroxyl groups is 1. The molecule has 0 unspecified atom stereocenters. The molecule has 2 nitrogen and oxygen atoms in total. The van der Waals surface area contributed by atoms with Crippen LogP contribution in [0.15, 0.2) is 41.4 Å². The summed E-state index contributed by atoms with van der Waals surface area (Å²) in [7, 11) is 0. The van der Waals surface area contributed by atoms with Gasteiger partial charge in [-0.1, -0.05) is 48.7 Å². The van der Waals surface area contributed by atoms with Crippen LogP contribution in [0.25, 0.3) is 0 Å². The Balaban J connectivity index is 2.56. The molecule has 0 fully saturated rings. The van der Waals surface area contributed by atoms with Crippen LogP contribution in [0.2, 0.25) is 0 Å². The quantitative estimate of drug-likeness (QED) is 0.614. The number of unbranched alkanes of at least 4 members (excludes halogenated alkanes) is 1. The Bertz CT molecular complexity index is 686. The summed E-state index contributed by atoms with van der Waals surface area (Å²) in [5, 5.41) is 10.3. The van der Waals surface area contributed by atoms with Gasteiger partial charge in [0, 0.05) is 17.7 Å². The van der Waals surface area contributed by atoms with Crippen molar-refractivity contribution in [3.8, 4) is 5.75 Å². The Hall–Kier alpha value is -2.09. The predicted octanol–water partition coefficient (Wildman–Crippen LogP) is 4.95. The molecule has 0 amide bonds. The van der Waals surface area contributed by atoms with Crippen molar-refractivity contribution in [1.29, 1.82) is 0 Å². The van der Waals surface area contributed by atoms with Crippen LogP contribution in [-0.2, 0) is 0 Å². The van der Waals surface area contributed by atoms with Crippen molar-refractivity contribution in [1.82, 2.24) is 0 Å². The lowest BCUT2D eigenvalue weighted by Crippen LogP contribution is -2.08. The van der Waals surface area contributed by atoms with Crippen LogP contribution in [-0.4, -0.2) is 17.4 Å². The fourth-order valence-electron chi connectivity index (χ4n) is 2.58. The van der Waals surface area contributed by atoms with Gasteiger partial charge >= 0.3 is 0 Å². The van der Waals surface area contributed by atoms with E-state index in [-0.39, 0.29) is 0 Å². The number of aryl methyl sites for hydroxylation is 3. The van der Waals surface area contributed by atoms with E-state index in [1.54, 1.807) is 6.07 Å². The van der Waals surface area contributed by atoms with E-state index < -0.39 is 0 Å². The Kier molecular flexibility index (Phi) is 5.37. The molecular weight excluding hydrogens is 270 g/mol. The Labute approximate surface area is 133 Å². The Morgan fingerprint density at radius 2 is 1.64 bits per heavy atom. The number of benzene rings is 2. The van der Waals surface area contributed by atoms with E-state index in [1.165, 1.54) is 11.1 Å². The summed E-state index contributed by atoms with van der Waals surface area (Å²) in [6, 6.07) is 12.1. The zero-order chi connectivity index (χ0) is 16.1. The van der Waals surface area contributed by atoms with E-state index in [9.17, 15) is 5.11 Å². The number of hydrogen-bond donors (Lipinski definition) is 1. The molecule has 0 saturated carbocycles. The van der Waals surface area contributed by atoms with Crippen molar-refractivity contribution in [2.24, 2.45) is 4.99 Å². The van der Waals surface area contributed by atoms with Crippen molar-refractivity contribution in [3.63, 3.8) is 0 Å². The second-order valence-electron chi connectivity index (χ2n) is 5.92. The molecule has 2 aromatic carbocycles. The van der Waals surface area contributed by atoms with E-state index in [2.05, 4.69) is 39.0 Å². The average molecular weight is 295 g/mol. The van der Waals surface area contributed by atoms with E-state index in [4.69, 9.17) is 4.99 Å². The van der Waals surface area contributed by atoms with E-state index in [0.717, 1.165) is 41.8 Å². The van der Waals surface area contributed by atoms with Crippen molar-refractivity contribution in [2.75, 3.05) is 6.54 Å². The third kappa shape index (κ3) is 3.76. The second-order valence-corrected chi connectivity index (χ2v) is 5.92. The first-order valence-corrected chi connectivity index (χ1v) is 7.95. The Morgan fingerprint density at radius 1 is 0.955 bits per heavy atom. The molecular formula is C20H25NO. The van der Waals surface area contributed by atoms with Crippen LogP contribution in [0.5, 0.6) is 5.75 Å². The minimum absolute atomic E-state index is 0.292. The molecule has 0 atom stereocenters. The van der Waals surface area contributed by atoms with Gasteiger partial charge in [-0.05, 0) is 44.9 Å². The molecule has 0 saturated heterocycles. The smallest absolute Gasteiger partial charge is 0.124 e.